The minimum atomic E-state index is 0.605. The predicted octanol–water partition coefficient (Wildman–Crippen LogP) is 1.63. The lowest BCUT2D eigenvalue weighted by Crippen LogP contribution is -2.07. The Morgan fingerprint density at radius 3 is 2.64 bits per heavy atom. The van der Waals surface area contributed by atoms with Crippen molar-refractivity contribution in [2.24, 2.45) is 0 Å². The van der Waals surface area contributed by atoms with E-state index in [2.05, 4.69) is 4.58 Å². The molecule has 0 spiro atoms. The molecule has 0 bridgehead atoms. The van der Waals surface area contributed by atoms with Gasteiger partial charge in [-0.2, -0.15) is 4.58 Å². The Bertz CT molecular complexity index is 363. The van der Waals surface area contributed by atoms with Crippen molar-refractivity contribution in [3.05, 3.63) is 41.5 Å². The van der Waals surface area contributed by atoms with E-state index in [1.807, 2.05) is 36.4 Å². The molecule has 0 heterocycles. The quantitative estimate of drug-likeness (QED) is 0.285. The highest BCUT2D eigenvalue weighted by Crippen LogP contribution is 2.22. The van der Waals surface area contributed by atoms with Crippen LogP contribution in [0.25, 0.3) is 6.08 Å². The molecule has 0 N–H and O–H groups in total. The molecule has 1 aliphatic rings. The summed E-state index contributed by atoms with van der Waals surface area (Å²) in [5, 5.41) is 10.4. The fourth-order valence-electron chi connectivity index (χ4n) is 1.74. The number of ketones is 1. The van der Waals surface area contributed by atoms with Crippen LogP contribution in [0.3, 0.4) is 0 Å². The summed E-state index contributed by atoms with van der Waals surface area (Å²) in [6.07, 6.45) is 4.78. The molecule has 1 aromatic carbocycles. The maximum atomic E-state index is 10.4. The summed E-state index contributed by atoms with van der Waals surface area (Å²) in [6.45, 7) is 0. The Morgan fingerprint density at radius 1 is 1.14 bits per heavy atom. The van der Waals surface area contributed by atoms with E-state index < -0.39 is 0 Å². The summed E-state index contributed by atoms with van der Waals surface area (Å²) >= 11 is 0. The highest BCUT2D eigenvalue weighted by molar-refractivity contribution is 6.01. The van der Waals surface area contributed by atoms with Crippen molar-refractivity contribution in [1.82, 2.24) is 0 Å². The molecule has 2 heteroatoms. The second-order valence-electron chi connectivity index (χ2n) is 3.44. The molecule has 0 atom stereocenters. The molecule has 14 heavy (non-hydrogen) atoms. The number of rotatable bonds is 1. The lowest BCUT2D eigenvalue weighted by Gasteiger charge is -1.93. The standard InChI is InChI=1S/C12H12O2/c13-14-12-8-4-7-11(12)9-10-5-2-1-3-6-10/h1-3,5-6,9H,4,7-8H2. The molecule has 0 aromatic heterocycles. The van der Waals surface area contributed by atoms with E-state index in [0.29, 0.717) is 5.78 Å². The molecule has 1 fully saturated rings. The predicted molar refractivity (Wildman–Crippen MR) is 53.3 cm³/mol. The van der Waals surface area contributed by atoms with Crippen LogP contribution in [0.1, 0.15) is 24.8 Å². The smallest absolute Gasteiger partial charge is 0.355 e. The minimum Gasteiger partial charge on any atom is -0.462 e. The van der Waals surface area contributed by atoms with Gasteiger partial charge in [0.2, 0.25) is 0 Å². The van der Waals surface area contributed by atoms with Gasteiger partial charge in [-0.1, -0.05) is 30.3 Å². The molecular formula is C12H12O2. The van der Waals surface area contributed by atoms with Crippen LogP contribution < -0.4 is 5.26 Å². The maximum Gasteiger partial charge on any atom is 0.355 e. The van der Waals surface area contributed by atoms with Gasteiger partial charge in [-0.05, 0) is 24.5 Å². The number of benzene rings is 1. The van der Waals surface area contributed by atoms with Gasteiger partial charge in [-0.25, -0.2) is 0 Å². The van der Waals surface area contributed by atoms with Crippen LogP contribution in [0.5, 0.6) is 0 Å². The van der Waals surface area contributed by atoms with Crippen molar-refractivity contribution < 1.29 is 9.83 Å². The summed E-state index contributed by atoms with van der Waals surface area (Å²) in [6, 6.07) is 9.99. The number of allylic oxidation sites excluding steroid dienone is 1. The van der Waals surface area contributed by atoms with Gasteiger partial charge in [0.15, 0.2) is 0 Å². The molecule has 0 aliphatic heterocycles. The Hall–Kier alpha value is -1.57. The van der Waals surface area contributed by atoms with Crippen molar-refractivity contribution >= 4 is 11.9 Å². The van der Waals surface area contributed by atoms with Crippen LogP contribution in [0.15, 0.2) is 35.9 Å². The van der Waals surface area contributed by atoms with E-state index >= 15 is 0 Å². The molecule has 0 saturated heterocycles. The van der Waals surface area contributed by atoms with Crippen molar-refractivity contribution in [2.45, 2.75) is 19.3 Å². The minimum absolute atomic E-state index is 0.605. The summed E-state index contributed by atoms with van der Waals surface area (Å²) in [7, 11) is 0. The van der Waals surface area contributed by atoms with Crippen LogP contribution in [0.2, 0.25) is 0 Å². The lowest BCUT2D eigenvalue weighted by atomic mass is 10.1. The molecule has 2 rings (SSSR count). The third kappa shape index (κ3) is 1.84. The maximum absolute atomic E-state index is 10.4. The van der Waals surface area contributed by atoms with Crippen LogP contribution in [-0.4, -0.2) is 5.78 Å². The molecule has 0 unspecified atom stereocenters. The zero-order valence-electron chi connectivity index (χ0n) is 7.90. The van der Waals surface area contributed by atoms with Gasteiger partial charge in [0.1, 0.15) is 0 Å². The Labute approximate surface area is 83.1 Å². The van der Waals surface area contributed by atoms with Crippen LogP contribution in [0, 0.1) is 0 Å². The Kier molecular flexibility index (Phi) is 2.63. The van der Waals surface area contributed by atoms with E-state index in [-0.39, 0.29) is 0 Å². The second-order valence-corrected chi connectivity index (χ2v) is 3.44. The van der Waals surface area contributed by atoms with Crippen LogP contribution >= 0.6 is 0 Å². The van der Waals surface area contributed by atoms with Crippen LogP contribution in [-0.2, 0) is 4.58 Å². The average molecular weight is 188 g/mol. The van der Waals surface area contributed by atoms with Crippen LogP contribution in [0.4, 0.5) is 0 Å². The lowest BCUT2D eigenvalue weighted by molar-refractivity contribution is -1.05. The van der Waals surface area contributed by atoms with Gasteiger partial charge in [-0.3, -0.25) is 0 Å². The Morgan fingerprint density at radius 2 is 1.93 bits per heavy atom. The Balaban J connectivity index is 2.27. The number of carbonyl (C=O) groups excluding carboxylic acids is 1. The van der Waals surface area contributed by atoms with Crippen molar-refractivity contribution in [2.75, 3.05) is 0 Å². The zero-order valence-corrected chi connectivity index (χ0v) is 7.90. The van der Waals surface area contributed by atoms with Gasteiger partial charge in [0, 0.05) is 0 Å². The molecule has 72 valence electrons. The first kappa shape index (κ1) is 9.00. The van der Waals surface area contributed by atoms with Gasteiger partial charge >= 0.3 is 5.78 Å². The van der Waals surface area contributed by atoms with E-state index in [1.165, 1.54) is 0 Å². The third-order valence-electron chi connectivity index (χ3n) is 2.45. The first-order valence-corrected chi connectivity index (χ1v) is 4.82. The fraction of sp³-hybridized carbons (Fsp3) is 0.250. The summed E-state index contributed by atoms with van der Waals surface area (Å²) in [5.74, 6) is 0.605. The molecule has 0 amide bonds. The van der Waals surface area contributed by atoms with E-state index in [1.54, 1.807) is 0 Å². The second kappa shape index (κ2) is 4.09. The van der Waals surface area contributed by atoms with Gasteiger partial charge < -0.3 is 5.26 Å². The zero-order chi connectivity index (χ0) is 9.80. The van der Waals surface area contributed by atoms with Crippen molar-refractivity contribution in [3.8, 4) is 0 Å². The van der Waals surface area contributed by atoms with Gasteiger partial charge in [-0.15, -0.1) is 0 Å². The highest BCUT2D eigenvalue weighted by Gasteiger charge is 2.24. The number of hydrogen-bond acceptors (Lipinski definition) is 1. The third-order valence-corrected chi connectivity index (χ3v) is 2.45. The molecule has 0 radical (unpaired) electrons. The van der Waals surface area contributed by atoms with E-state index in [9.17, 15) is 5.26 Å². The van der Waals surface area contributed by atoms with E-state index in [0.717, 1.165) is 30.4 Å². The first-order valence-electron chi connectivity index (χ1n) is 4.82. The van der Waals surface area contributed by atoms with Gasteiger partial charge in [0.05, 0.1) is 12.0 Å². The molecule has 2 nitrogen and oxygen atoms in total. The van der Waals surface area contributed by atoms with E-state index in [4.69, 9.17) is 0 Å². The summed E-state index contributed by atoms with van der Waals surface area (Å²) in [5.41, 5.74) is 2.17. The summed E-state index contributed by atoms with van der Waals surface area (Å²) < 4.78 is 4.09. The molecule has 1 saturated carbocycles. The summed E-state index contributed by atoms with van der Waals surface area (Å²) in [4.78, 5) is 0. The largest absolute Gasteiger partial charge is 0.462 e. The molecule has 1 aliphatic carbocycles. The van der Waals surface area contributed by atoms with Crippen molar-refractivity contribution in [1.29, 1.82) is 0 Å². The topological polar surface area (TPSA) is 34.4 Å². The average Bonchev–Trinajstić information content (AvgIpc) is 2.67. The van der Waals surface area contributed by atoms with Crippen molar-refractivity contribution in [3.63, 3.8) is 0 Å². The highest BCUT2D eigenvalue weighted by atomic mass is 17.1. The SMILES string of the molecule is [O-][O+]=C1CCCC1=Cc1ccccc1. The monoisotopic (exact) mass is 188 g/mol. The normalized spacial score (nSPS) is 22.0. The molecule has 1 aromatic rings. The number of hydrogen-bond donors (Lipinski definition) is 0. The van der Waals surface area contributed by atoms with Gasteiger partial charge in [0.25, 0.3) is 0 Å². The first-order chi connectivity index (χ1) is 6.90. The molecular weight excluding hydrogens is 176 g/mol. The fourth-order valence-corrected chi connectivity index (χ4v) is 1.74.